The molecule has 0 radical (unpaired) electrons. The SMILES string of the molecule is COc1cc(S(=O)(=O)NCC(c2cccs2)c2c[nH]c3ccccc23)ccc1NC(C)=O. The van der Waals surface area contributed by atoms with E-state index in [0.717, 1.165) is 21.3 Å². The molecule has 1 amide bonds. The van der Waals surface area contributed by atoms with Gasteiger partial charge in [0.15, 0.2) is 0 Å². The molecule has 32 heavy (non-hydrogen) atoms. The third kappa shape index (κ3) is 4.55. The number of nitrogens with one attached hydrogen (secondary N) is 3. The Morgan fingerprint density at radius 2 is 1.97 bits per heavy atom. The molecular weight excluding hydrogens is 446 g/mol. The standard InChI is InChI=1S/C23H23N3O4S2/c1-15(27)26-21-10-9-16(12-22(21)30-2)32(28,29)25-14-19(23-8-5-11-31-23)18-13-24-20-7-4-3-6-17(18)20/h3-13,19,24-25H,14H2,1-2H3,(H,26,27). The van der Waals surface area contributed by atoms with Gasteiger partial charge < -0.3 is 15.0 Å². The van der Waals surface area contributed by atoms with Gasteiger partial charge in [0.2, 0.25) is 15.9 Å². The van der Waals surface area contributed by atoms with Crippen molar-refractivity contribution in [3.8, 4) is 5.75 Å². The summed E-state index contributed by atoms with van der Waals surface area (Å²) in [5, 5.41) is 5.67. The first kappa shape index (κ1) is 22.1. The summed E-state index contributed by atoms with van der Waals surface area (Å²) in [6.07, 6.45) is 1.94. The number of H-pyrrole nitrogens is 1. The molecule has 1 unspecified atom stereocenters. The first-order valence-electron chi connectivity index (χ1n) is 9.94. The van der Waals surface area contributed by atoms with Gasteiger partial charge in [-0.05, 0) is 35.2 Å². The van der Waals surface area contributed by atoms with Gasteiger partial charge in [-0.15, -0.1) is 11.3 Å². The fourth-order valence-electron chi connectivity index (χ4n) is 3.64. The minimum atomic E-state index is -3.82. The van der Waals surface area contributed by atoms with Gasteiger partial charge in [-0.1, -0.05) is 24.3 Å². The largest absolute Gasteiger partial charge is 0.495 e. The number of hydrogen-bond donors (Lipinski definition) is 3. The van der Waals surface area contributed by atoms with Crippen LogP contribution in [0, 0.1) is 0 Å². The molecule has 7 nitrogen and oxygen atoms in total. The maximum atomic E-state index is 13.1. The highest BCUT2D eigenvalue weighted by Crippen LogP contribution is 2.33. The Morgan fingerprint density at radius 3 is 2.69 bits per heavy atom. The van der Waals surface area contributed by atoms with E-state index in [1.165, 1.54) is 32.2 Å². The first-order valence-corrected chi connectivity index (χ1v) is 12.3. The Kier molecular flexibility index (Phi) is 6.31. The second-order valence-corrected chi connectivity index (χ2v) is 10.00. The minimum Gasteiger partial charge on any atom is -0.495 e. The monoisotopic (exact) mass is 469 g/mol. The molecule has 0 aliphatic rings. The van der Waals surface area contributed by atoms with Crippen LogP contribution in [0.5, 0.6) is 5.75 Å². The number of ether oxygens (including phenoxy) is 1. The van der Waals surface area contributed by atoms with Gasteiger partial charge in [0, 0.05) is 47.4 Å². The van der Waals surface area contributed by atoms with E-state index in [1.54, 1.807) is 11.3 Å². The van der Waals surface area contributed by atoms with E-state index in [1.807, 2.05) is 48.0 Å². The molecule has 1 atom stereocenters. The van der Waals surface area contributed by atoms with Crippen LogP contribution in [-0.2, 0) is 14.8 Å². The van der Waals surface area contributed by atoms with Crippen molar-refractivity contribution in [1.29, 1.82) is 0 Å². The molecule has 4 rings (SSSR count). The highest BCUT2D eigenvalue weighted by atomic mass is 32.2. The summed E-state index contributed by atoms with van der Waals surface area (Å²) in [4.78, 5) is 15.8. The fourth-order valence-corrected chi connectivity index (χ4v) is 5.55. The smallest absolute Gasteiger partial charge is 0.240 e. The second-order valence-electron chi connectivity index (χ2n) is 7.25. The van der Waals surface area contributed by atoms with Crippen molar-refractivity contribution in [1.82, 2.24) is 9.71 Å². The summed E-state index contributed by atoms with van der Waals surface area (Å²) in [6, 6.07) is 16.3. The molecule has 0 aliphatic carbocycles. The lowest BCUT2D eigenvalue weighted by atomic mass is 9.97. The molecule has 0 spiro atoms. The number of rotatable bonds is 8. The number of thiophene rings is 1. The number of aromatic nitrogens is 1. The van der Waals surface area contributed by atoms with Crippen molar-refractivity contribution < 1.29 is 17.9 Å². The lowest BCUT2D eigenvalue weighted by Crippen LogP contribution is -2.28. The van der Waals surface area contributed by atoms with Crippen LogP contribution in [0.4, 0.5) is 5.69 Å². The van der Waals surface area contributed by atoms with E-state index in [-0.39, 0.29) is 29.0 Å². The number of para-hydroxylation sites is 1. The minimum absolute atomic E-state index is 0.0623. The van der Waals surface area contributed by atoms with E-state index in [4.69, 9.17) is 4.74 Å². The number of carbonyl (C=O) groups is 1. The number of benzene rings is 2. The van der Waals surface area contributed by atoms with Crippen LogP contribution >= 0.6 is 11.3 Å². The predicted octanol–water partition coefficient (Wildman–Crippen LogP) is 4.31. The summed E-state index contributed by atoms with van der Waals surface area (Å²) in [5.41, 5.74) is 2.45. The zero-order chi connectivity index (χ0) is 22.7. The van der Waals surface area contributed by atoms with Crippen LogP contribution in [0.15, 0.2) is 71.1 Å². The van der Waals surface area contributed by atoms with Gasteiger partial charge in [0.25, 0.3) is 0 Å². The molecule has 2 aromatic carbocycles. The molecule has 3 N–H and O–H groups in total. The van der Waals surface area contributed by atoms with Gasteiger partial charge >= 0.3 is 0 Å². The number of aromatic amines is 1. The molecule has 0 saturated heterocycles. The summed E-state index contributed by atoms with van der Waals surface area (Å²) in [5.74, 6) is -0.148. The topological polar surface area (TPSA) is 100 Å². The van der Waals surface area contributed by atoms with Gasteiger partial charge in [0.05, 0.1) is 17.7 Å². The van der Waals surface area contributed by atoms with Gasteiger partial charge in [-0.25, -0.2) is 13.1 Å². The first-order chi connectivity index (χ1) is 15.4. The number of hydrogen-bond acceptors (Lipinski definition) is 5. The van der Waals surface area contributed by atoms with Crippen molar-refractivity contribution >= 4 is 43.9 Å². The molecule has 0 aliphatic heterocycles. The molecule has 166 valence electrons. The van der Waals surface area contributed by atoms with Crippen LogP contribution in [0.1, 0.15) is 23.3 Å². The molecule has 0 bridgehead atoms. The van der Waals surface area contributed by atoms with Crippen LogP contribution in [0.2, 0.25) is 0 Å². The molecule has 9 heteroatoms. The van der Waals surface area contributed by atoms with Crippen molar-refractivity contribution in [2.45, 2.75) is 17.7 Å². The number of carbonyl (C=O) groups excluding carboxylic acids is 1. The predicted molar refractivity (Wildman–Crippen MR) is 127 cm³/mol. The number of methoxy groups -OCH3 is 1. The Bertz CT molecular complexity index is 1340. The Balaban J connectivity index is 1.63. The fraction of sp³-hybridized carbons (Fsp3) is 0.174. The van der Waals surface area contributed by atoms with E-state index in [2.05, 4.69) is 15.0 Å². The average molecular weight is 470 g/mol. The quantitative estimate of drug-likeness (QED) is 0.358. The lowest BCUT2D eigenvalue weighted by molar-refractivity contribution is -0.114. The van der Waals surface area contributed by atoms with Crippen LogP contribution < -0.4 is 14.8 Å². The van der Waals surface area contributed by atoms with E-state index < -0.39 is 10.0 Å². The number of amides is 1. The van der Waals surface area contributed by atoms with Gasteiger partial charge in [-0.2, -0.15) is 0 Å². The summed E-state index contributed by atoms with van der Waals surface area (Å²) in [6.45, 7) is 1.57. The summed E-state index contributed by atoms with van der Waals surface area (Å²) < 4.78 is 34.2. The number of anilines is 1. The van der Waals surface area contributed by atoms with E-state index in [9.17, 15) is 13.2 Å². The van der Waals surface area contributed by atoms with Crippen molar-refractivity contribution in [3.05, 3.63) is 76.6 Å². The van der Waals surface area contributed by atoms with Crippen molar-refractivity contribution in [2.75, 3.05) is 19.0 Å². The lowest BCUT2D eigenvalue weighted by Gasteiger charge is -2.17. The van der Waals surface area contributed by atoms with Gasteiger partial charge in [0.1, 0.15) is 5.75 Å². The normalized spacial score (nSPS) is 12.6. The molecular formula is C23H23N3O4S2. The molecule has 4 aromatic rings. The third-order valence-corrected chi connectivity index (χ3v) is 7.56. The zero-order valence-electron chi connectivity index (χ0n) is 17.6. The van der Waals surface area contributed by atoms with E-state index >= 15 is 0 Å². The Labute approximate surface area is 190 Å². The Morgan fingerprint density at radius 1 is 1.16 bits per heavy atom. The van der Waals surface area contributed by atoms with Crippen molar-refractivity contribution in [2.24, 2.45) is 0 Å². The van der Waals surface area contributed by atoms with Gasteiger partial charge in [-0.3, -0.25) is 4.79 Å². The number of sulfonamides is 1. The molecule has 0 fully saturated rings. The molecule has 0 saturated carbocycles. The van der Waals surface area contributed by atoms with Crippen LogP contribution in [0.25, 0.3) is 10.9 Å². The van der Waals surface area contributed by atoms with Crippen LogP contribution in [0.3, 0.4) is 0 Å². The maximum absolute atomic E-state index is 13.1. The third-order valence-electron chi connectivity index (χ3n) is 5.15. The highest BCUT2D eigenvalue weighted by Gasteiger charge is 2.23. The van der Waals surface area contributed by atoms with Crippen LogP contribution in [-0.4, -0.2) is 33.0 Å². The summed E-state index contributed by atoms with van der Waals surface area (Å²) in [7, 11) is -2.39. The number of fused-ring (bicyclic) bond motifs is 1. The molecule has 2 heterocycles. The average Bonchev–Trinajstić information content (AvgIpc) is 3.45. The van der Waals surface area contributed by atoms with Crippen molar-refractivity contribution in [3.63, 3.8) is 0 Å². The zero-order valence-corrected chi connectivity index (χ0v) is 19.2. The molecule has 2 aromatic heterocycles. The Hall–Kier alpha value is -3.14. The summed E-state index contributed by atoms with van der Waals surface area (Å²) >= 11 is 1.59. The highest BCUT2D eigenvalue weighted by molar-refractivity contribution is 7.89. The maximum Gasteiger partial charge on any atom is 0.240 e. The second kappa shape index (κ2) is 9.15. The van der Waals surface area contributed by atoms with E-state index in [0.29, 0.717) is 5.69 Å².